The van der Waals surface area contributed by atoms with E-state index in [4.69, 9.17) is 0 Å². The van der Waals surface area contributed by atoms with Gasteiger partial charge >= 0.3 is 0 Å². The van der Waals surface area contributed by atoms with Crippen molar-refractivity contribution in [1.29, 1.82) is 0 Å². The monoisotopic (exact) mass is 454 g/mol. The van der Waals surface area contributed by atoms with Crippen LogP contribution in [0.2, 0.25) is 0 Å². The maximum atomic E-state index is 12.3. The molecule has 0 aliphatic carbocycles. The molecule has 0 fully saturated rings. The number of rotatable bonds is 6. The van der Waals surface area contributed by atoms with Gasteiger partial charge in [0.2, 0.25) is 0 Å². The van der Waals surface area contributed by atoms with Gasteiger partial charge in [-0.25, -0.2) is 0 Å². The van der Waals surface area contributed by atoms with Crippen molar-refractivity contribution in [3.8, 4) is 0 Å². The van der Waals surface area contributed by atoms with Crippen LogP contribution in [0.25, 0.3) is 0 Å². The van der Waals surface area contributed by atoms with Crippen molar-refractivity contribution in [1.82, 2.24) is 0 Å². The first-order chi connectivity index (χ1) is 12.2. The molecule has 0 bridgehead atoms. The zero-order chi connectivity index (χ0) is 20.7. The van der Waals surface area contributed by atoms with E-state index < -0.39 is 51.1 Å². The van der Waals surface area contributed by atoms with Gasteiger partial charge < -0.3 is 0 Å². The van der Waals surface area contributed by atoms with E-state index in [9.17, 15) is 38.9 Å². The maximum absolute atomic E-state index is 12.3. The zero-order valence-electron chi connectivity index (χ0n) is 13.4. The van der Waals surface area contributed by atoms with Crippen LogP contribution < -0.4 is 0 Å². The van der Waals surface area contributed by atoms with Gasteiger partial charge in [-0.2, -0.15) is 25.3 Å². The van der Waals surface area contributed by atoms with Gasteiger partial charge in [0.25, 0.3) is 30.4 Å². The third-order valence-corrected chi connectivity index (χ3v) is 8.05. The van der Waals surface area contributed by atoms with E-state index in [0.717, 1.165) is 36.4 Å². The molecule has 2 aromatic rings. The quantitative estimate of drug-likeness (QED) is 0.430. The van der Waals surface area contributed by atoms with Crippen LogP contribution in [0, 0.1) is 0 Å². The molecule has 9 nitrogen and oxygen atoms in total. The zero-order valence-corrected chi connectivity index (χ0v) is 17.0. The lowest BCUT2D eigenvalue weighted by atomic mass is 9.92. The Hall–Kier alpha value is -1.40. The highest BCUT2D eigenvalue weighted by Gasteiger charge is 2.46. The van der Waals surface area contributed by atoms with E-state index in [1.807, 2.05) is 0 Å². The summed E-state index contributed by atoms with van der Waals surface area (Å²) in [5, 5.41) is 0. The molecule has 27 heavy (non-hydrogen) atoms. The SMILES string of the molecule is O=S(=O)(O)c1cccc(C(CP)(c2cccc(S(=O)(=O)O)c2)S(=O)(=O)O)c1. The Balaban J connectivity index is 2.93. The minimum atomic E-state index is -4.98. The fraction of sp³-hybridized carbons (Fsp3) is 0.143. The van der Waals surface area contributed by atoms with Gasteiger partial charge in [-0.1, -0.05) is 24.3 Å². The van der Waals surface area contributed by atoms with E-state index in [-0.39, 0.29) is 11.1 Å². The molecule has 0 spiro atoms. The molecular formula is C14H15O9PS3. The second kappa shape index (κ2) is 7.21. The molecule has 148 valence electrons. The lowest BCUT2D eigenvalue weighted by Gasteiger charge is -2.31. The summed E-state index contributed by atoms with van der Waals surface area (Å²) in [5.74, 6) is 0. The van der Waals surface area contributed by atoms with E-state index in [0.29, 0.717) is 0 Å². The molecule has 0 heterocycles. The summed E-state index contributed by atoms with van der Waals surface area (Å²) in [6, 6.07) is 8.46. The number of hydrogen-bond donors (Lipinski definition) is 3. The first-order valence-electron chi connectivity index (χ1n) is 7.06. The van der Waals surface area contributed by atoms with Crippen LogP contribution in [0.5, 0.6) is 0 Å². The lowest BCUT2D eigenvalue weighted by Crippen LogP contribution is -2.39. The third kappa shape index (κ3) is 4.21. The van der Waals surface area contributed by atoms with E-state index in [2.05, 4.69) is 9.24 Å². The summed E-state index contributed by atoms with van der Waals surface area (Å²) in [6.07, 6.45) is -0.393. The molecule has 0 saturated heterocycles. The summed E-state index contributed by atoms with van der Waals surface area (Å²) in [6.45, 7) is 0. The molecule has 3 N–H and O–H groups in total. The largest absolute Gasteiger partial charge is 0.294 e. The summed E-state index contributed by atoms with van der Waals surface area (Å²) < 4.78 is 96.4. The Kier molecular flexibility index (Phi) is 5.84. The van der Waals surface area contributed by atoms with Crippen LogP contribution in [0.1, 0.15) is 11.1 Å². The van der Waals surface area contributed by atoms with Gasteiger partial charge in [0.15, 0.2) is 4.75 Å². The molecule has 0 amide bonds. The fourth-order valence-corrected chi connectivity index (χ4v) is 5.84. The van der Waals surface area contributed by atoms with Crippen LogP contribution in [-0.4, -0.2) is 45.1 Å². The second-order valence-corrected chi connectivity index (χ2v) is 10.4. The van der Waals surface area contributed by atoms with Crippen molar-refractivity contribution in [3.63, 3.8) is 0 Å². The minimum absolute atomic E-state index is 0.234. The molecule has 0 aliphatic heterocycles. The first-order valence-corrected chi connectivity index (χ1v) is 12.2. The average molecular weight is 454 g/mol. The Morgan fingerprint density at radius 3 is 1.37 bits per heavy atom. The number of hydrogen-bond acceptors (Lipinski definition) is 6. The van der Waals surface area contributed by atoms with Gasteiger partial charge in [0, 0.05) is 0 Å². The predicted molar refractivity (Wildman–Crippen MR) is 99.4 cm³/mol. The van der Waals surface area contributed by atoms with Crippen molar-refractivity contribution in [2.75, 3.05) is 6.16 Å². The average Bonchev–Trinajstić information content (AvgIpc) is 2.54. The van der Waals surface area contributed by atoms with Gasteiger partial charge in [0.1, 0.15) is 0 Å². The third-order valence-electron chi connectivity index (χ3n) is 3.92. The van der Waals surface area contributed by atoms with Crippen molar-refractivity contribution in [3.05, 3.63) is 59.7 Å². The smallest absolute Gasteiger partial charge is 0.285 e. The molecule has 0 aliphatic rings. The molecule has 2 aromatic carbocycles. The highest BCUT2D eigenvalue weighted by Crippen LogP contribution is 2.40. The van der Waals surface area contributed by atoms with E-state index in [1.165, 1.54) is 12.1 Å². The Morgan fingerprint density at radius 2 is 1.11 bits per heavy atom. The minimum Gasteiger partial charge on any atom is -0.285 e. The predicted octanol–water partition coefficient (Wildman–Crippen LogP) is 1.19. The van der Waals surface area contributed by atoms with Crippen LogP contribution in [0.3, 0.4) is 0 Å². The highest BCUT2D eigenvalue weighted by atomic mass is 32.2. The normalized spacial score (nSPS) is 13.5. The van der Waals surface area contributed by atoms with Gasteiger partial charge in [-0.3, -0.25) is 13.7 Å². The Bertz CT molecular complexity index is 1110. The summed E-state index contributed by atoms with van der Waals surface area (Å²) >= 11 is 0. The topological polar surface area (TPSA) is 163 Å². The highest BCUT2D eigenvalue weighted by molar-refractivity contribution is 7.87. The molecule has 0 radical (unpaired) electrons. The summed E-state index contributed by atoms with van der Waals surface area (Å²) in [4.78, 5) is -1.23. The van der Waals surface area contributed by atoms with Gasteiger partial charge in [-0.15, -0.1) is 9.24 Å². The lowest BCUT2D eigenvalue weighted by molar-refractivity contribution is 0.452. The van der Waals surface area contributed by atoms with Crippen LogP contribution in [-0.2, 0) is 35.1 Å². The van der Waals surface area contributed by atoms with Crippen LogP contribution >= 0.6 is 9.24 Å². The van der Waals surface area contributed by atoms with Crippen LogP contribution in [0.4, 0.5) is 0 Å². The fourth-order valence-electron chi connectivity index (χ4n) is 2.62. The molecule has 1 atom stereocenters. The second-order valence-electron chi connectivity index (χ2n) is 5.51. The van der Waals surface area contributed by atoms with Crippen LogP contribution in [0.15, 0.2) is 58.3 Å². The summed E-state index contributed by atoms with van der Waals surface area (Å²) in [5.41, 5.74) is -0.467. The molecule has 0 aromatic heterocycles. The molecule has 2 rings (SSSR count). The Labute approximate surface area is 158 Å². The molecule has 1 unspecified atom stereocenters. The first kappa shape index (κ1) is 21.9. The summed E-state index contributed by atoms with van der Waals surface area (Å²) in [7, 11) is -12.2. The van der Waals surface area contributed by atoms with Gasteiger partial charge in [-0.05, 0) is 41.6 Å². The van der Waals surface area contributed by atoms with Crippen molar-refractivity contribution >= 4 is 39.6 Å². The maximum Gasteiger partial charge on any atom is 0.294 e. The Morgan fingerprint density at radius 1 is 0.741 bits per heavy atom. The van der Waals surface area contributed by atoms with E-state index >= 15 is 0 Å². The molecular weight excluding hydrogens is 439 g/mol. The molecule has 0 saturated carbocycles. The molecule has 13 heteroatoms. The van der Waals surface area contributed by atoms with Crippen molar-refractivity contribution < 1.29 is 38.9 Å². The van der Waals surface area contributed by atoms with E-state index in [1.54, 1.807) is 0 Å². The number of benzene rings is 2. The van der Waals surface area contributed by atoms with Crippen molar-refractivity contribution in [2.24, 2.45) is 0 Å². The standard InChI is InChI=1S/C14H15O9PS3/c15-25(16,17)12-5-1-3-10(7-12)14(9-24,27(21,22)23)11-4-2-6-13(8-11)26(18,19)20/h1-8H,9,24H2,(H,15,16,17)(H,18,19,20)(H,21,22,23). The van der Waals surface area contributed by atoms with Crippen molar-refractivity contribution in [2.45, 2.75) is 14.5 Å². The van der Waals surface area contributed by atoms with Gasteiger partial charge in [0.05, 0.1) is 9.79 Å².